The monoisotopic (exact) mass is 570 g/mol. The molecule has 3 aromatic heterocycles. The molecule has 0 aliphatic heterocycles. The minimum atomic E-state index is -0.855. The average molecular weight is 571 g/mol. The van der Waals surface area contributed by atoms with Crippen LogP contribution >= 0.6 is 0 Å². The van der Waals surface area contributed by atoms with Gasteiger partial charge in [0, 0.05) is 11.8 Å². The van der Waals surface area contributed by atoms with Gasteiger partial charge < -0.3 is 15.8 Å². The second kappa shape index (κ2) is 11.0. The smallest absolute Gasteiger partial charge is 0.266 e. The number of hydrogen-bond acceptors (Lipinski definition) is 9. The Hall–Kier alpha value is -5.77. The molecule has 2 aromatic carbocycles. The van der Waals surface area contributed by atoms with E-state index in [1.165, 1.54) is 37.4 Å². The van der Waals surface area contributed by atoms with Crippen LogP contribution in [0.4, 0.5) is 24.8 Å². The normalized spacial score (nSPS) is 11.6. The lowest BCUT2D eigenvalue weighted by Gasteiger charge is -2.21. The molecule has 0 unspecified atom stereocenters. The van der Waals surface area contributed by atoms with Crippen LogP contribution in [0.25, 0.3) is 16.8 Å². The third kappa shape index (κ3) is 4.97. The van der Waals surface area contributed by atoms with Crippen LogP contribution in [0.5, 0.6) is 5.75 Å². The first-order valence-corrected chi connectivity index (χ1v) is 12.3. The predicted molar refractivity (Wildman–Crippen MR) is 149 cm³/mol. The number of fused-ring (bicyclic) bond motifs is 1. The first kappa shape index (κ1) is 27.8. The summed E-state index contributed by atoms with van der Waals surface area (Å²) in [5.41, 5.74) is 5.59. The zero-order chi connectivity index (χ0) is 30.1. The lowest BCUT2D eigenvalue weighted by molar-refractivity contribution is 0.385. The number of aromatic nitrogens is 4. The van der Waals surface area contributed by atoms with Crippen molar-refractivity contribution in [3.05, 3.63) is 111 Å². The Kier molecular flexibility index (Phi) is 7.28. The van der Waals surface area contributed by atoms with Gasteiger partial charge in [-0.15, -0.1) is 0 Å². The van der Waals surface area contributed by atoms with E-state index in [2.05, 4.69) is 20.3 Å². The number of hydrogen-bond donors (Lipinski definition) is 3. The second-order valence-electron chi connectivity index (χ2n) is 9.14. The maximum absolute atomic E-state index is 14.7. The van der Waals surface area contributed by atoms with Gasteiger partial charge in [-0.25, -0.2) is 28.1 Å². The number of nitriles is 1. The van der Waals surface area contributed by atoms with Crippen molar-refractivity contribution in [1.82, 2.24) is 19.4 Å². The van der Waals surface area contributed by atoms with E-state index in [0.29, 0.717) is 0 Å². The van der Waals surface area contributed by atoms with Crippen molar-refractivity contribution in [3.63, 3.8) is 0 Å². The molecule has 0 bridgehead atoms. The summed E-state index contributed by atoms with van der Waals surface area (Å²) < 4.78 is 48.9. The lowest BCUT2D eigenvalue weighted by Crippen LogP contribution is -2.24. The Labute approximate surface area is 236 Å². The van der Waals surface area contributed by atoms with Gasteiger partial charge in [0.2, 0.25) is 0 Å². The Morgan fingerprint density at radius 3 is 2.64 bits per heavy atom. The summed E-state index contributed by atoms with van der Waals surface area (Å²) in [4.78, 5) is 26.3. The highest BCUT2D eigenvalue weighted by Gasteiger charge is 2.24. The van der Waals surface area contributed by atoms with Crippen LogP contribution in [0.15, 0.2) is 65.8 Å². The van der Waals surface area contributed by atoms with Gasteiger partial charge in [0.1, 0.15) is 41.3 Å². The molecule has 0 fully saturated rings. The molecule has 0 aliphatic carbocycles. The molecule has 210 valence electrons. The predicted octanol–water partition coefficient (Wildman–Crippen LogP) is 4.62. The van der Waals surface area contributed by atoms with E-state index >= 15 is 0 Å². The molecule has 4 N–H and O–H groups in total. The maximum atomic E-state index is 14.7. The van der Waals surface area contributed by atoms with Crippen LogP contribution in [0.1, 0.15) is 35.3 Å². The molecular formula is C29H21F3N8O2. The summed E-state index contributed by atoms with van der Waals surface area (Å²) in [6, 6.07) is 11.1. The van der Waals surface area contributed by atoms with Gasteiger partial charge in [-0.3, -0.25) is 14.6 Å². The van der Waals surface area contributed by atoms with E-state index in [-0.39, 0.29) is 62.3 Å². The molecule has 13 heteroatoms. The highest BCUT2D eigenvalue weighted by Crippen LogP contribution is 2.31. The summed E-state index contributed by atoms with van der Waals surface area (Å²) >= 11 is 0. The number of ether oxygens (including phenoxy) is 1. The quantitative estimate of drug-likeness (QED) is 0.240. The molecule has 5 aromatic rings. The van der Waals surface area contributed by atoms with Crippen LogP contribution in [-0.4, -0.2) is 32.2 Å². The number of halogens is 3. The Morgan fingerprint density at radius 2 is 1.93 bits per heavy atom. The van der Waals surface area contributed by atoms with Crippen molar-refractivity contribution in [2.45, 2.75) is 13.0 Å². The minimum absolute atomic E-state index is 0.00611. The number of benzene rings is 2. The van der Waals surface area contributed by atoms with Gasteiger partial charge in [0.05, 0.1) is 41.2 Å². The SMILES string of the molecule is COc1c(F)cc(C(=N)c2c(N)ncnc2N[C@@H](C)c2nc3ccc(F)cn3c(=O)c2-c2cccc(F)c2)cc1C#N. The van der Waals surface area contributed by atoms with Gasteiger partial charge in [0.15, 0.2) is 11.6 Å². The van der Waals surface area contributed by atoms with Crippen LogP contribution in [0, 0.1) is 34.2 Å². The number of nitrogen functional groups attached to an aromatic ring is 1. The van der Waals surface area contributed by atoms with E-state index in [9.17, 15) is 23.2 Å². The summed E-state index contributed by atoms with van der Waals surface area (Å²) in [5.74, 6) is -2.45. The van der Waals surface area contributed by atoms with Crippen LogP contribution in [0.3, 0.4) is 0 Å². The van der Waals surface area contributed by atoms with E-state index in [0.717, 1.165) is 35.1 Å². The van der Waals surface area contributed by atoms with Crippen LogP contribution in [0.2, 0.25) is 0 Å². The lowest BCUT2D eigenvalue weighted by atomic mass is 9.99. The van der Waals surface area contributed by atoms with Gasteiger partial charge in [-0.1, -0.05) is 12.1 Å². The molecule has 5 rings (SSSR count). The Bertz CT molecular complexity index is 1990. The molecule has 0 amide bonds. The first-order valence-electron chi connectivity index (χ1n) is 12.3. The molecule has 1 atom stereocenters. The highest BCUT2D eigenvalue weighted by atomic mass is 19.1. The maximum Gasteiger partial charge on any atom is 0.266 e. The second-order valence-corrected chi connectivity index (χ2v) is 9.14. The number of pyridine rings is 1. The van der Waals surface area contributed by atoms with Crippen molar-refractivity contribution in [1.29, 1.82) is 10.7 Å². The molecule has 3 heterocycles. The number of nitrogens with one attached hydrogen (secondary N) is 2. The largest absolute Gasteiger partial charge is 0.492 e. The summed E-state index contributed by atoms with van der Waals surface area (Å²) in [6.07, 6.45) is 2.14. The highest BCUT2D eigenvalue weighted by molar-refractivity contribution is 6.16. The summed E-state index contributed by atoms with van der Waals surface area (Å²) in [5, 5.41) is 21.3. The molecule has 0 spiro atoms. The number of nitrogens with zero attached hydrogens (tertiary/aromatic N) is 5. The van der Waals surface area contributed by atoms with Gasteiger partial charge in [0.25, 0.3) is 5.56 Å². The number of anilines is 2. The fraction of sp³-hybridized carbons (Fsp3) is 0.103. The summed E-state index contributed by atoms with van der Waals surface area (Å²) in [6.45, 7) is 1.65. The standard InChI is InChI=1S/C29H21F3N8O2/c1-14(25-22(15-4-3-5-18(30)9-15)29(41)40-12-19(31)6-7-21(40)39-25)38-28-23(27(35)36-13-37-28)24(34)16-8-17(11-33)26(42-2)20(32)10-16/h3-10,12-14,34H,1-2H3,(H3,35,36,37,38)/t14-/m0/s1. The van der Waals surface area contributed by atoms with Crippen molar-refractivity contribution < 1.29 is 17.9 Å². The Balaban J connectivity index is 1.64. The van der Waals surface area contributed by atoms with Gasteiger partial charge in [-0.2, -0.15) is 5.26 Å². The fourth-order valence-electron chi connectivity index (χ4n) is 4.56. The number of nitrogens with two attached hydrogens (primary N) is 1. The van der Waals surface area contributed by atoms with Crippen LogP contribution < -0.4 is 21.3 Å². The van der Waals surface area contributed by atoms with Crippen molar-refractivity contribution >= 4 is 23.0 Å². The Morgan fingerprint density at radius 1 is 1.14 bits per heavy atom. The first-order chi connectivity index (χ1) is 20.1. The minimum Gasteiger partial charge on any atom is -0.492 e. The van der Waals surface area contributed by atoms with E-state index in [1.54, 1.807) is 6.92 Å². The van der Waals surface area contributed by atoms with E-state index in [1.807, 2.05) is 6.07 Å². The van der Waals surface area contributed by atoms with E-state index < -0.39 is 29.1 Å². The average Bonchev–Trinajstić information content (AvgIpc) is 2.96. The van der Waals surface area contributed by atoms with Crippen molar-refractivity contribution in [2.75, 3.05) is 18.2 Å². The van der Waals surface area contributed by atoms with Gasteiger partial charge >= 0.3 is 0 Å². The van der Waals surface area contributed by atoms with Gasteiger partial charge in [-0.05, 0) is 48.9 Å². The molecular weight excluding hydrogens is 549 g/mol. The molecule has 0 radical (unpaired) electrons. The molecule has 10 nitrogen and oxygen atoms in total. The van der Waals surface area contributed by atoms with Crippen molar-refractivity contribution in [3.8, 4) is 22.9 Å². The zero-order valence-electron chi connectivity index (χ0n) is 22.1. The number of methoxy groups -OCH3 is 1. The topological polar surface area (TPSA) is 155 Å². The third-order valence-electron chi connectivity index (χ3n) is 6.47. The summed E-state index contributed by atoms with van der Waals surface area (Å²) in [7, 11) is 1.22. The van der Waals surface area contributed by atoms with E-state index in [4.69, 9.17) is 15.9 Å². The molecule has 0 saturated heterocycles. The fourth-order valence-corrected chi connectivity index (χ4v) is 4.56. The molecule has 0 aliphatic rings. The third-order valence-corrected chi connectivity index (χ3v) is 6.47. The van der Waals surface area contributed by atoms with Crippen molar-refractivity contribution in [2.24, 2.45) is 0 Å². The number of rotatable bonds is 7. The molecule has 42 heavy (non-hydrogen) atoms. The zero-order valence-corrected chi connectivity index (χ0v) is 22.1. The van der Waals surface area contributed by atoms with Crippen LogP contribution in [-0.2, 0) is 0 Å². The molecule has 0 saturated carbocycles.